The summed E-state index contributed by atoms with van der Waals surface area (Å²) in [5, 5.41) is 0. The zero-order valence-corrected chi connectivity index (χ0v) is 24.0. The predicted molar refractivity (Wildman–Crippen MR) is 148 cm³/mol. The SMILES string of the molecule is CCOc1cc(=O)n(C)cc1-c1cc(C(NS(=O)[O-])[C@@]23CC[C@H](CC2=O)C3(C)C)ccc1Oc1ccc(F)cc1F. The molecule has 2 fully saturated rings. The first-order valence-corrected chi connectivity index (χ1v) is 14.5. The second kappa shape index (κ2) is 10.8. The molecule has 2 aromatic carbocycles. The van der Waals surface area contributed by atoms with E-state index in [1.807, 2.05) is 13.8 Å². The number of aromatic nitrogens is 1. The third-order valence-corrected chi connectivity index (χ3v) is 9.35. The topological polar surface area (TPSA) is 110 Å². The minimum atomic E-state index is -2.70. The van der Waals surface area contributed by atoms with Gasteiger partial charge in [-0.05, 0) is 60.9 Å². The van der Waals surface area contributed by atoms with Crippen LogP contribution in [0.15, 0.2) is 53.5 Å². The van der Waals surface area contributed by atoms with Crippen LogP contribution in [0.4, 0.5) is 8.78 Å². The fraction of sp³-hybridized carbons (Fsp3) is 0.400. The van der Waals surface area contributed by atoms with Crippen LogP contribution < -0.4 is 19.8 Å². The number of ether oxygens (including phenoxy) is 2. The first kappa shape index (κ1) is 29.1. The van der Waals surface area contributed by atoms with E-state index in [-0.39, 0.29) is 41.1 Å². The summed E-state index contributed by atoms with van der Waals surface area (Å²) in [6, 6.07) is 8.21. The first-order valence-electron chi connectivity index (χ1n) is 13.4. The Bertz CT molecular complexity index is 1610. The van der Waals surface area contributed by atoms with Crippen molar-refractivity contribution in [3.8, 4) is 28.4 Å². The van der Waals surface area contributed by atoms with Gasteiger partial charge in [0.1, 0.15) is 23.1 Å². The van der Waals surface area contributed by atoms with Crippen molar-refractivity contribution in [3.63, 3.8) is 0 Å². The maximum atomic E-state index is 14.6. The van der Waals surface area contributed by atoms with Crippen molar-refractivity contribution in [1.29, 1.82) is 0 Å². The molecule has 8 nitrogen and oxygen atoms in total. The number of hydrogen-bond acceptors (Lipinski definition) is 6. The molecule has 2 saturated carbocycles. The van der Waals surface area contributed by atoms with Crippen molar-refractivity contribution >= 4 is 17.0 Å². The third-order valence-electron chi connectivity index (χ3n) is 8.93. The molecule has 11 heteroatoms. The molecular weight excluding hydrogens is 554 g/mol. The molecule has 2 aliphatic carbocycles. The largest absolute Gasteiger partial charge is 0.760 e. The smallest absolute Gasteiger partial charge is 0.254 e. The summed E-state index contributed by atoms with van der Waals surface area (Å²) in [7, 11) is 1.56. The molecular formula is C30H31F2N2O6S-. The lowest BCUT2D eigenvalue weighted by Crippen LogP contribution is -2.47. The minimum absolute atomic E-state index is 0.00840. The van der Waals surface area contributed by atoms with Gasteiger partial charge in [-0.2, -0.15) is 0 Å². The Balaban J connectivity index is 1.73. The van der Waals surface area contributed by atoms with Gasteiger partial charge in [0.05, 0.1) is 18.1 Å². The van der Waals surface area contributed by atoms with E-state index in [4.69, 9.17) is 9.47 Å². The van der Waals surface area contributed by atoms with Gasteiger partial charge in [0.2, 0.25) is 0 Å². The van der Waals surface area contributed by atoms with Gasteiger partial charge in [0.25, 0.3) is 5.56 Å². The summed E-state index contributed by atoms with van der Waals surface area (Å²) < 4.78 is 68.1. The fourth-order valence-electron chi connectivity index (χ4n) is 6.73. The van der Waals surface area contributed by atoms with Gasteiger partial charge in [-0.1, -0.05) is 19.9 Å². The Kier molecular flexibility index (Phi) is 7.65. The molecule has 218 valence electrons. The molecule has 0 radical (unpaired) electrons. The predicted octanol–water partition coefficient (Wildman–Crippen LogP) is 5.34. The number of carbonyl (C=O) groups excluding carboxylic acids is 1. The number of rotatable bonds is 9. The molecule has 1 heterocycles. The lowest BCUT2D eigenvalue weighted by molar-refractivity contribution is -0.131. The van der Waals surface area contributed by atoms with Crippen LogP contribution in [-0.2, 0) is 23.1 Å². The lowest BCUT2D eigenvalue weighted by atomic mass is 9.63. The van der Waals surface area contributed by atoms with Crippen LogP contribution in [0.1, 0.15) is 51.6 Å². The fourth-order valence-corrected chi connectivity index (χ4v) is 7.26. The summed E-state index contributed by atoms with van der Waals surface area (Å²) >= 11 is -2.70. The molecule has 3 aromatic rings. The molecule has 2 unspecified atom stereocenters. The Labute approximate surface area is 239 Å². The second-order valence-electron chi connectivity index (χ2n) is 11.2. The molecule has 4 atom stereocenters. The number of nitrogens with zero attached hydrogens (tertiary/aromatic N) is 1. The number of hydrogen-bond donors (Lipinski definition) is 1. The van der Waals surface area contributed by atoms with E-state index in [1.165, 1.54) is 10.6 Å². The van der Waals surface area contributed by atoms with Crippen LogP contribution in [0.3, 0.4) is 0 Å². The maximum Gasteiger partial charge on any atom is 0.254 e. The minimum Gasteiger partial charge on any atom is -0.760 e. The van der Waals surface area contributed by atoms with Gasteiger partial charge in [0.15, 0.2) is 11.6 Å². The molecule has 0 amide bonds. The maximum absolute atomic E-state index is 14.6. The molecule has 1 N–H and O–H groups in total. The molecule has 2 aliphatic rings. The molecule has 41 heavy (non-hydrogen) atoms. The van der Waals surface area contributed by atoms with E-state index in [1.54, 1.807) is 38.4 Å². The number of fused-ring (bicyclic) bond motifs is 2. The van der Waals surface area contributed by atoms with Gasteiger partial charge in [-0.15, -0.1) is 0 Å². The van der Waals surface area contributed by atoms with Crippen molar-refractivity contribution in [3.05, 3.63) is 76.2 Å². The summed E-state index contributed by atoms with van der Waals surface area (Å²) in [4.78, 5) is 26.0. The first-order chi connectivity index (χ1) is 19.4. The van der Waals surface area contributed by atoms with Crippen molar-refractivity contribution in [2.75, 3.05) is 6.61 Å². The van der Waals surface area contributed by atoms with Gasteiger partial charge < -0.3 is 18.6 Å². The van der Waals surface area contributed by atoms with Crippen molar-refractivity contribution < 1.29 is 31.8 Å². The highest BCUT2D eigenvalue weighted by atomic mass is 32.2. The average Bonchev–Trinajstić information content (AvgIpc) is 3.27. The third kappa shape index (κ3) is 4.89. The lowest BCUT2D eigenvalue weighted by Gasteiger charge is -2.44. The standard InChI is InChI=1S/C30H32F2N2O6S/c1-5-39-25-15-27(36)34(4)16-21(25)20-12-17(6-8-23(20)40-24-9-7-19(31)14-22(24)32)28(33-41(37)38)30-11-10-18(13-26(30)35)29(30,2)3/h6-9,12,14-16,18,28,33H,5,10-11,13H2,1-4H3,(H,37,38)/p-1/t18-,28?,30-/m1/s1. The van der Waals surface area contributed by atoms with Gasteiger partial charge in [-0.3, -0.25) is 13.8 Å². The van der Waals surface area contributed by atoms with Crippen molar-refractivity contribution in [2.45, 2.75) is 46.1 Å². The Hall–Kier alpha value is -3.41. The van der Waals surface area contributed by atoms with E-state index in [2.05, 4.69) is 4.72 Å². The van der Waals surface area contributed by atoms with Crippen LogP contribution in [0.5, 0.6) is 17.2 Å². The van der Waals surface area contributed by atoms with Crippen LogP contribution in [0.25, 0.3) is 11.1 Å². The van der Waals surface area contributed by atoms with Crippen molar-refractivity contribution in [2.24, 2.45) is 23.8 Å². The van der Waals surface area contributed by atoms with Crippen LogP contribution >= 0.6 is 0 Å². The summed E-state index contributed by atoms with van der Waals surface area (Å²) in [6.07, 6.45) is 3.25. The van der Waals surface area contributed by atoms with E-state index >= 15 is 0 Å². The summed E-state index contributed by atoms with van der Waals surface area (Å²) in [5.74, 6) is -1.38. The zero-order chi connectivity index (χ0) is 29.7. The van der Waals surface area contributed by atoms with Gasteiger partial charge in [-0.25, -0.2) is 13.5 Å². The molecule has 1 aromatic heterocycles. The second-order valence-corrected chi connectivity index (χ2v) is 11.9. The van der Waals surface area contributed by atoms with E-state index in [9.17, 15) is 27.1 Å². The zero-order valence-electron chi connectivity index (χ0n) is 23.2. The van der Waals surface area contributed by atoms with Gasteiger partial charge >= 0.3 is 0 Å². The molecule has 0 spiro atoms. The highest BCUT2D eigenvalue weighted by Gasteiger charge is 2.67. The Morgan fingerprint density at radius 2 is 1.83 bits per heavy atom. The molecule has 0 aliphatic heterocycles. The summed E-state index contributed by atoms with van der Waals surface area (Å²) in [6.45, 7) is 6.02. The highest BCUT2D eigenvalue weighted by Crippen LogP contribution is 2.68. The molecule has 0 saturated heterocycles. The van der Waals surface area contributed by atoms with Crippen molar-refractivity contribution in [1.82, 2.24) is 9.29 Å². The quantitative estimate of drug-likeness (QED) is 0.340. The number of nitrogens with one attached hydrogen (secondary N) is 1. The average molecular weight is 586 g/mol. The Morgan fingerprint density at radius 3 is 2.44 bits per heavy atom. The van der Waals surface area contributed by atoms with Gasteiger partial charge in [0, 0.05) is 54.2 Å². The number of benzene rings is 2. The summed E-state index contributed by atoms with van der Waals surface area (Å²) in [5.41, 5.74) is -0.488. The number of pyridine rings is 1. The highest BCUT2D eigenvalue weighted by molar-refractivity contribution is 7.77. The monoisotopic (exact) mass is 585 g/mol. The number of aryl methyl sites for hydroxylation is 1. The van der Waals surface area contributed by atoms with Crippen LogP contribution in [0, 0.1) is 28.4 Å². The molecule has 2 bridgehead atoms. The number of carbonyl (C=O) groups is 1. The number of halogens is 2. The van der Waals surface area contributed by atoms with Crippen LogP contribution in [0.2, 0.25) is 0 Å². The molecule has 5 rings (SSSR count). The van der Waals surface area contributed by atoms with E-state index in [0.717, 1.165) is 18.6 Å². The number of ketones is 1. The Morgan fingerprint density at radius 1 is 1.10 bits per heavy atom. The van der Waals surface area contributed by atoms with E-state index < -0.39 is 39.8 Å². The normalized spacial score (nSPS) is 22.5. The number of Topliss-reactive ketones (excluding diaryl/α,β-unsaturated/α-hetero) is 1. The van der Waals surface area contributed by atoms with E-state index in [0.29, 0.717) is 35.6 Å². The van der Waals surface area contributed by atoms with Crippen LogP contribution in [-0.4, -0.2) is 25.7 Å².